The number of rotatable bonds is 36. The van der Waals surface area contributed by atoms with Crippen LogP contribution in [-0.4, -0.2) is 52.3 Å². The summed E-state index contributed by atoms with van der Waals surface area (Å²) in [6.07, 6.45) is 55.3. The zero-order chi connectivity index (χ0) is 41.9. The highest BCUT2D eigenvalue weighted by atomic mass is 31.2. The molecule has 0 aliphatic heterocycles. The quantitative estimate of drug-likeness (QED) is 0.0185. The average molecular weight is 813 g/mol. The SMILES string of the molecule is CC/C=C\C/C=C\C/C=C\C/C=C\C/C=C\C=C/C(O)CCC(=O)OC[C@H](COP(=O)(O)O)OC(=O)CCCCC/C=C\C/C=C\C/C=C\C/C=C\CCCCC. The number of aliphatic hydroxyl groups excluding tert-OH is 1. The monoisotopic (exact) mass is 812 g/mol. The van der Waals surface area contributed by atoms with E-state index < -0.39 is 45.2 Å². The van der Waals surface area contributed by atoms with Gasteiger partial charge in [0.05, 0.1) is 12.7 Å². The molecule has 0 bridgehead atoms. The second-order valence-corrected chi connectivity index (χ2v) is 14.7. The molecule has 0 aliphatic carbocycles. The predicted octanol–water partition coefficient (Wildman–Crippen LogP) is 11.9. The molecule has 0 heterocycles. The lowest BCUT2D eigenvalue weighted by molar-refractivity contribution is -0.161. The van der Waals surface area contributed by atoms with Crippen LogP contribution in [-0.2, 0) is 28.2 Å². The van der Waals surface area contributed by atoms with Crippen LogP contribution in [0.1, 0.15) is 136 Å². The third kappa shape index (κ3) is 43.4. The molecule has 0 saturated heterocycles. The Labute approximate surface area is 344 Å². The predicted molar refractivity (Wildman–Crippen MR) is 235 cm³/mol. The zero-order valence-electron chi connectivity index (χ0n) is 34.8. The standard InChI is InChI=1S/C47H73O9P/c1-3-5-7-9-11-13-15-17-19-21-22-23-25-27-29-31-33-35-37-39-47(50)56-45(43-55-57(51,52)53)42-54-46(49)41-40-44(48)38-36-34-32-30-28-26-24-20-18-16-14-12-10-8-6-4-2/h6,8,11-14,17-20,22-23,26-29,32,34,36,38,44-45,48H,3-5,7,9-10,15-16,21,24-25,30-31,33,35,37,39-43H2,1-2H3,(H2,51,52,53)/b8-6-,13-11-,14-12-,19-17-,20-18-,23-22-,28-26-,29-27-,34-32-,38-36-/t44?,45-/m1/s1. The minimum Gasteiger partial charge on any atom is -0.462 e. The van der Waals surface area contributed by atoms with E-state index in [0.717, 1.165) is 70.6 Å². The summed E-state index contributed by atoms with van der Waals surface area (Å²) in [5.41, 5.74) is 0. The van der Waals surface area contributed by atoms with Crippen LogP contribution in [0.4, 0.5) is 0 Å². The molecule has 0 aromatic rings. The van der Waals surface area contributed by atoms with Crippen molar-refractivity contribution < 1.29 is 43.0 Å². The number of hydrogen-bond donors (Lipinski definition) is 3. The first kappa shape index (κ1) is 53.4. The van der Waals surface area contributed by atoms with Crippen molar-refractivity contribution in [2.45, 2.75) is 148 Å². The maximum absolute atomic E-state index is 12.4. The van der Waals surface area contributed by atoms with E-state index in [1.807, 2.05) is 12.2 Å². The second-order valence-electron chi connectivity index (χ2n) is 13.4. The Kier molecular flexibility index (Phi) is 38.0. The largest absolute Gasteiger partial charge is 0.469 e. The number of ether oxygens (including phenoxy) is 2. The van der Waals surface area contributed by atoms with Crippen molar-refractivity contribution in [1.82, 2.24) is 0 Å². The first-order valence-corrected chi connectivity index (χ1v) is 22.5. The molecule has 0 radical (unpaired) electrons. The summed E-state index contributed by atoms with van der Waals surface area (Å²) in [6.45, 7) is 3.29. The van der Waals surface area contributed by atoms with Gasteiger partial charge in [0.1, 0.15) is 6.61 Å². The number of aliphatic hydroxyl groups is 1. The fourth-order valence-corrected chi connectivity index (χ4v) is 5.29. The van der Waals surface area contributed by atoms with Crippen molar-refractivity contribution >= 4 is 19.8 Å². The number of hydrogen-bond acceptors (Lipinski definition) is 7. The fourth-order valence-electron chi connectivity index (χ4n) is 4.93. The van der Waals surface area contributed by atoms with Crippen LogP contribution >= 0.6 is 7.82 Å². The van der Waals surface area contributed by atoms with Gasteiger partial charge >= 0.3 is 19.8 Å². The Morgan fingerprint density at radius 2 is 1.05 bits per heavy atom. The minimum atomic E-state index is -4.83. The average Bonchev–Trinajstić information content (AvgIpc) is 3.18. The lowest BCUT2D eigenvalue weighted by Crippen LogP contribution is -2.29. The van der Waals surface area contributed by atoms with Gasteiger partial charge in [-0.25, -0.2) is 4.57 Å². The van der Waals surface area contributed by atoms with Gasteiger partial charge in [-0.15, -0.1) is 0 Å². The van der Waals surface area contributed by atoms with Gasteiger partial charge in [0.2, 0.25) is 0 Å². The fraction of sp³-hybridized carbons (Fsp3) is 0.532. The first-order valence-electron chi connectivity index (χ1n) is 20.9. The molecule has 1 unspecified atom stereocenters. The Morgan fingerprint density at radius 1 is 0.561 bits per heavy atom. The van der Waals surface area contributed by atoms with Gasteiger partial charge in [-0.05, 0) is 89.9 Å². The van der Waals surface area contributed by atoms with E-state index in [-0.39, 0.29) is 19.3 Å². The van der Waals surface area contributed by atoms with Crippen molar-refractivity contribution in [2.24, 2.45) is 0 Å². The van der Waals surface area contributed by atoms with Crippen molar-refractivity contribution in [3.8, 4) is 0 Å². The van der Waals surface area contributed by atoms with E-state index in [9.17, 15) is 19.3 Å². The maximum atomic E-state index is 12.4. The Balaban J connectivity index is 4.26. The molecule has 0 rings (SSSR count). The van der Waals surface area contributed by atoms with Gasteiger partial charge in [0.15, 0.2) is 6.10 Å². The van der Waals surface area contributed by atoms with E-state index in [0.29, 0.717) is 6.42 Å². The smallest absolute Gasteiger partial charge is 0.462 e. The van der Waals surface area contributed by atoms with Gasteiger partial charge in [0.25, 0.3) is 0 Å². The zero-order valence-corrected chi connectivity index (χ0v) is 35.7. The van der Waals surface area contributed by atoms with Gasteiger partial charge in [-0.3, -0.25) is 14.1 Å². The molecule has 10 heteroatoms. The number of phosphoric ester groups is 1. The molecule has 0 aromatic carbocycles. The van der Waals surface area contributed by atoms with Crippen LogP contribution in [0.5, 0.6) is 0 Å². The van der Waals surface area contributed by atoms with Crippen LogP contribution < -0.4 is 0 Å². The minimum absolute atomic E-state index is 0.101. The third-order valence-electron chi connectivity index (χ3n) is 8.08. The molecule has 3 N–H and O–H groups in total. The van der Waals surface area contributed by atoms with E-state index in [4.69, 9.17) is 19.3 Å². The number of unbranched alkanes of at least 4 members (excludes halogenated alkanes) is 6. The number of esters is 2. The summed E-state index contributed by atoms with van der Waals surface area (Å²) in [6, 6.07) is 0. The number of carbonyl (C=O) groups excluding carboxylic acids is 2. The summed E-state index contributed by atoms with van der Waals surface area (Å²) < 4.78 is 26.2. The molecule has 57 heavy (non-hydrogen) atoms. The Hall–Kier alpha value is -3.59. The van der Waals surface area contributed by atoms with Crippen LogP contribution in [0.2, 0.25) is 0 Å². The number of carbonyl (C=O) groups is 2. The van der Waals surface area contributed by atoms with Crippen LogP contribution in [0.15, 0.2) is 122 Å². The summed E-state index contributed by atoms with van der Waals surface area (Å²) in [4.78, 5) is 42.9. The van der Waals surface area contributed by atoms with E-state index in [2.05, 4.69) is 116 Å². The first-order chi connectivity index (χ1) is 27.7. The lowest BCUT2D eigenvalue weighted by Gasteiger charge is -2.18. The third-order valence-corrected chi connectivity index (χ3v) is 8.57. The molecular formula is C47H73O9P. The highest BCUT2D eigenvalue weighted by molar-refractivity contribution is 7.46. The van der Waals surface area contributed by atoms with Crippen LogP contribution in [0, 0.1) is 0 Å². The van der Waals surface area contributed by atoms with Crippen molar-refractivity contribution in [3.05, 3.63) is 122 Å². The molecular weight excluding hydrogens is 739 g/mol. The topological polar surface area (TPSA) is 140 Å². The summed E-state index contributed by atoms with van der Waals surface area (Å²) in [5.74, 6) is -1.22. The molecule has 0 amide bonds. The van der Waals surface area contributed by atoms with Gasteiger partial charge < -0.3 is 24.4 Å². The van der Waals surface area contributed by atoms with Gasteiger partial charge in [-0.2, -0.15) is 0 Å². The lowest BCUT2D eigenvalue weighted by atomic mass is 10.1. The molecule has 0 aliphatic rings. The Bertz CT molecular complexity index is 1340. The molecule has 320 valence electrons. The van der Waals surface area contributed by atoms with E-state index in [1.54, 1.807) is 12.2 Å². The van der Waals surface area contributed by atoms with Crippen molar-refractivity contribution in [2.75, 3.05) is 13.2 Å². The van der Waals surface area contributed by atoms with Crippen LogP contribution in [0.3, 0.4) is 0 Å². The Morgan fingerprint density at radius 3 is 1.56 bits per heavy atom. The molecule has 0 spiro atoms. The summed E-state index contributed by atoms with van der Waals surface area (Å²) in [7, 11) is -4.83. The highest BCUT2D eigenvalue weighted by Crippen LogP contribution is 2.36. The normalized spacial score (nSPS) is 14.3. The number of phosphoric acid groups is 1. The summed E-state index contributed by atoms with van der Waals surface area (Å²) >= 11 is 0. The molecule has 2 atom stereocenters. The maximum Gasteiger partial charge on any atom is 0.469 e. The molecule has 0 aromatic heterocycles. The summed E-state index contributed by atoms with van der Waals surface area (Å²) in [5, 5.41) is 10.2. The molecule has 9 nitrogen and oxygen atoms in total. The van der Waals surface area contributed by atoms with E-state index >= 15 is 0 Å². The van der Waals surface area contributed by atoms with Crippen molar-refractivity contribution in [1.29, 1.82) is 0 Å². The van der Waals surface area contributed by atoms with Gasteiger partial charge in [-0.1, -0.05) is 155 Å². The highest BCUT2D eigenvalue weighted by Gasteiger charge is 2.23. The van der Waals surface area contributed by atoms with Gasteiger partial charge in [0, 0.05) is 12.8 Å². The number of allylic oxidation sites excluding steroid dienone is 19. The van der Waals surface area contributed by atoms with E-state index in [1.165, 1.54) is 25.7 Å². The molecule has 0 fully saturated rings. The van der Waals surface area contributed by atoms with Crippen LogP contribution in [0.25, 0.3) is 0 Å². The molecule has 0 saturated carbocycles. The van der Waals surface area contributed by atoms with Crippen molar-refractivity contribution in [3.63, 3.8) is 0 Å². The second kappa shape index (κ2) is 40.6.